The smallest absolute Gasteiger partial charge is 0.268 e. The highest BCUT2D eigenvalue weighted by Gasteiger charge is 2.24. The van der Waals surface area contributed by atoms with Gasteiger partial charge in [0.05, 0.1) is 39.9 Å². The minimum Gasteiger partial charge on any atom is -0.756 e. The Bertz CT molecular complexity index is 513. The molecule has 31 heavy (non-hydrogen) atoms. The molecule has 0 saturated carbocycles. The average Bonchev–Trinajstić information content (AvgIpc) is 2.66. The summed E-state index contributed by atoms with van der Waals surface area (Å²) in [6, 6.07) is -0.784. The molecule has 8 nitrogen and oxygen atoms in total. The Morgan fingerprint density at radius 3 is 2.13 bits per heavy atom. The molecule has 0 aromatic heterocycles. The molecule has 0 aliphatic heterocycles. The van der Waals surface area contributed by atoms with E-state index in [2.05, 4.69) is 12.2 Å². The van der Waals surface area contributed by atoms with E-state index < -0.39 is 20.0 Å². The number of carbonyl (C=O) groups excluding carboxylic acids is 1. The summed E-state index contributed by atoms with van der Waals surface area (Å²) in [4.78, 5) is 24.1. The fraction of sp³-hybridized carbons (Fsp3) is 0.955. The number of phosphoric acid groups is 1. The zero-order valence-corrected chi connectivity index (χ0v) is 21.3. The van der Waals surface area contributed by atoms with Gasteiger partial charge in [-0.25, -0.2) is 0 Å². The van der Waals surface area contributed by atoms with Crippen LogP contribution in [0.1, 0.15) is 84.5 Å². The molecule has 0 spiro atoms. The van der Waals surface area contributed by atoms with Crippen molar-refractivity contribution in [1.82, 2.24) is 5.32 Å². The van der Waals surface area contributed by atoms with Gasteiger partial charge in [-0.2, -0.15) is 0 Å². The highest BCUT2D eigenvalue weighted by Crippen LogP contribution is 2.38. The Labute approximate surface area is 189 Å². The van der Waals surface area contributed by atoms with E-state index in [0.29, 0.717) is 30.3 Å². The second-order valence-electron chi connectivity index (χ2n) is 9.35. The Kier molecular flexibility index (Phi) is 16.8. The maximum absolute atomic E-state index is 12.0. The van der Waals surface area contributed by atoms with Gasteiger partial charge in [-0.3, -0.25) is 9.36 Å². The average molecular weight is 467 g/mol. The predicted molar refractivity (Wildman–Crippen MR) is 122 cm³/mol. The summed E-state index contributed by atoms with van der Waals surface area (Å²) in [5.74, 6) is -0.224. The summed E-state index contributed by atoms with van der Waals surface area (Å²) in [6.45, 7) is 4.27. The highest BCUT2D eigenvalue weighted by atomic mass is 31.2. The van der Waals surface area contributed by atoms with Gasteiger partial charge < -0.3 is 28.8 Å². The fourth-order valence-corrected chi connectivity index (χ4v) is 3.80. The first-order chi connectivity index (χ1) is 14.5. The van der Waals surface area contributed by atoms with Gasteiger partial charge in [-0.05, 0) is 12.8 Å². The first kappa shape index (κ1) is 30.5. The van der Waals surface area contributed by atoms with Crippen LogP contribution in [0.5, 0.6) is 0 Å². The third-order valence-electron chi connectivity index (χ3n) is 5.07. The minimum atomic E-state index is -4.50. The first-order valence-electron chi connectivity index (χ1n) is 11.9. The van der Waals surface area contributed by atoms with Crippen LogP contribution in [0.15, 0.2) is 0 Å². The van der Waals surface area contributed by atoms with Gasteiger partial charge in [0.25, 0.3) is 7.82 Å². The molecule has 186 valence electrons. The van der Waals surface area contributed by atoms with E-state index in [4.69, 9.17) is 9.05 Å². The molecule has 0 bridgehead atoms. The number of quaternary nitrogens is 1. The molecule has 9 heteroatoms. The van der Waals surface area contributed by atoms with Crippen molar-refractivity contribution in [2.24, 2.45) is 0 Å². The standard InChI is InChI=1S/C22H47N2O6P/c1-6-8-9-10-11-12-13-14-16-21(25)20(23-22(26)15-7-2)19-30-31(27,28)29-18-17-24(3,4)5/h20-21,25H,6-19H2,1-5H3,(H-,23,26,27,28). The normalized spacial score (nSPS) is 16.0. The van der Waals surface area contributed by atoms with E-state index in [1.165, 1.54) is 32.1 Å². The van der Waals surface area contributed by atoms with E-state index in [1.807, 2.05) is 28.1 Å². The van der Waals surface area contributed by atoms with Crippen LogP contribution in [0.3, 0.4) is 0 Å². The molecular formula is C22H47N2O6P. The lowest BCUT2D eigenvalue weighted by Crippen LogP contribution is -2.46. The van der Waals surface area contributed by atoms with Crippen molar-refractivity contribution in [1.29, 1.82) is 0 Å². The van der Waals surface area contributed by atoms with Crippen LogP contribution >= 0.6 is 7.82 Å². The first-order valence-corrected chi connectivity index (χ1v) is 13.3. The number of hydrogen-bond donors (Lipinski definition) is 2. The van der Waals surface area contributed by atoms with Gasteiger partial charge in [-0.15, -0.1) is 0 Å². The van der Waals surface area contributed by atoms with E-state index in [1.54, 1.807) is 0 Å². The molecule has 0 aromatic carbocycles. The number of likely N-dealkylation sites (N-methyl/N-ethyl adjacent to an activating group) is 1. The number of unbranched alkanes of at least 4 members (excludes halogenated alkanes) is 7. The highest BCUT2D eigenvalue weighted by molar-refractivity contribution is 7.45. The zero-order chi connectivity index (χ0) is 23.8. The second kappa shape index (κ2) is 17.0. The number of carbonyl (C=O) groups is 1. The van der Waals surface area contributed by atoms with Crippen LogP contribution in [0.25, 0.3) is 0 Å². The Balaban J connectivity index is 4.49. The van der Waals surface area contributed by atoms with Gasteiger partial charge in [0.1, 0.15) is 13.2 Å². The second-order valence-corrected chi connectivity index (χ2v) is 10.8. The predicted octanol–water partition coefficient (Wildman–Crippen LogP) is 3.37. The molecule has 0 fully saturated rings. The number of hydrogen-bond acceptors (Lipinski definition) is 6. The lowest BCUT2D eigenvalue weighted by molar-refractivity contribution is -0.870. The van der Waals surface area contributed by atoms with Crippen molar-refractivity contribution in [3.05, 3.63) is 0 Å². The molecule has 0 rings (SSSR count). The summed E-state index contributed by atoms with van der Waals surface area (Å²) in [5, 5.41) is 13.3. The van der Waals surface area contributed by atoms with Gasteiger partial charge in [0.2, 0.25) is 5.91 Å². The summed E-state index contributed by atoms with van der Waals surface area (Å²) in [5.41, 5.74) is 0. The lowest BCUT2D eigenvalue weighted by atomic mass is 10.0. The molecule has 0 saturated heterocycles. The van der Waals surface area contributed by atoms with Crippen molar-refractivity contribution in [2.75, 3.05) is 40.9 Å². The summed E-state index contributed by atoms with van der Waals surface area (Å²) < 4.78 is 22.5. The van der Waals surface area contributed by atoms with Crippen LogP contribution in [-0.2, 0) is 18.4 Å². The minimum absolute atomic E-state index is 0.0119. The third kappa shape index (κ3) is 18.7. The molecule has 0 aliphatic carbocycles. The van der Waals surface area contributed by atoms with Crippen LogP contribution in [0.4, 0.5) is 0 Å². The van der Waals surface area contributed by atoms with Crippen molar-refractivity contribution in [3.8, 4) is 0 Å². The van der Waals surface area contributed by atoms with Crippen molar-refractivity contribution in [2.45, 2.75) is 96.6 Å². The number of aliphatic hydroxyl groups is 1. The van der Waals surface area contributed by atoms with E-state index in [9.17, 15) is 19.4 Å². The number of aliphatic hydroxyl groups excluding tert-OH is 1. The Morgan fingerprint density at radius 1 is 1.00 bits per heavy atom. The van der Waals surface area contributed by atoms with Crippen LogP contribution in [0, 0.1) is 0 Å². The number of amides is 1. The maximum Gasteiger partial charge on any atom is 0.268 e. The fourth-order valence-electron chi connectivity index (χ4n) is 3.08. The van der Waals surface area contributed by atoms with Gasteiger partial charge in [0.15, 0.2) is 0 Å². The molecule has 0 aromatic rings. The summed E-state index contributed by atoms with van der Waals surface area (Å²) in [6.07, 6.45) is 9.77. The summed E-state index contributed by atoms with van der Waals surface area (Å²) in [7, 11) is 1.29. The molecule has 0 radical (unpaired) electrons. The molecular weight excluding hydrogens is 419 g/mol. The van der Waals surface area contributed by atoms with Crippen LogP contribution < -0.4 is 10.2 Å². The topological polar surface area (TPSA) is 108 Å². The summed E-state index contributed by atoms with van der Waals surface area (Å²) >= 11 is 0. The molecule has 3 atom stereocenters. The van der Waals surface area contributed by atoms with Crippen LogP contribution in [0.2, 0.25) is 0 Å². The number of phosphoric ester groups is 1. The molecule has 0 heterocycles. The molecule has 0 aliphatic rings. The number of nitrogens with one attached hydrogen (secondary N) is 1. The van der Waals surface area contributed by atoms with Gasteiger partial charge in [0, 0.05) is 6.42 Å². The van der Waals surface area contributed by atoms with Crippen LogP contribution in [-0.4, -0.2) is 68.5 Å². The van der Waals surface area contributed by atoms with E-state index in [0.717, 1.165) is 19.3 Å². The maximum atomic E-state index is 12.0. The van der Waals surface area contributed by atoms with Crippen molar-refractivity contribution < 1.29 is 32.9 Å². The zero-order valence-electron chi connectivity index (χ0n) is 20.4. The van der Waals surface area contributed by atoms with Gasteiger partial charge in [-0.1, -0.05) is 65.2 Å². The molecule has 1 amide bonds. The van der Waals surface area contributed by atoms with Crippen molar-refractivity contribution >= 4 is 13.7 Å². The third-order valence-corrected chi connectivity index (χ3v) is 6.03. The molecule has 2 N–H and O–H groups in total. The largest absolute Gasteiger partial charge is 0.756 e. The Morgan fingerprint density at radius 2 is 1.58 bits per heavy atom. The number of rotatable bonds is 20. The molecule has 3 unspecified atom stereocenters. The Hall–Kier alpha value is -0.500. The van der Waals surface area contributed by atoms with E-state index in [-0.39, 0.29) is 19.1 Å². The van der Waals surface area contributed by atoms with Crippen molar-refractivity contribution in [3.63, 3.8) is 0 Å². The monoisotopic (exact) mass is 466 g/mol. The lowest BCUT2D eigenvalue weighted by Gasteiger charge is -2.30. The SMILES string of the molecule is CCCCCCCCCCC(O)C(COP(=O)([O-])OCC[N+](C)(C)C)NC(=O)CCC. The van der Waals surface area contributed by atoms with E-state index >= 15 is 0 Å². The quantitative estimate of drug-likeness (QED) is 0.162. The van der Waals surface area contributed by atoms with Gasteiger partial charge >= 0.3 is 0 Å². The number of nitrogens with zero attached hydrogens (tertiary/aromatic N) is 1.